The van der Waals surface area contributed by atoms with Gasteiger partial charge in [-0.15, -0.1) is 0 Å². The zero-order valence-electron chi connectivity index (χ0n) is 8.86. The molecule has 1 aliphatic heterocycles. The first kappa shape index (κ1) is 11.7. The lowest BCUT2D eigenvalue weighted by Gasteiger charge is -2.19. The highest BCUT2D eigenvalue weighted by atomic mass is 32.2. The Morgan fingerprint density at radius 3 is 2.64 bits per heavy atom. The summed E-state index contributed by atoms with van der Waals surface area (Å²) in [7, 11) is -2.91. The van der Waals surface area contributed by atoms with Gasteiger partial charge in [0.15, 0.2) is 9.84 Å². The minimum Gasteiger partial charge on any atom is -0.307 e. The Morgan fingerprint density at radius 1 is 1.50 bits per heavy atom. The van der Waals surface area contributed by atoms with Crippen LogP contribution >= 0.6 is 0 Å². The second kappa shape index (κ2) is 4.94. The summed E-state index contributed by atoms with van der Waals surface area (Å²) in [5, 5.41) is 4.68. The van der Waals surface area contributed by atoms with Gasteiger partial charge in [0.25, 0.3) is 0 Å². The molecule has 0 spiro atoms. The Labute approximate surface area is 86.5 Å². The van der Waals surface area contributed by atoms with E-state index in [1.807, 2.05) is 0 Å². The third-order valence-electron chi connectivity index (χ3n) is 2.51. The maximum atomic E-state index is 11.1. The van der Waals surface area contributed by atoms with Crippen molar-refractivity contribution in [2.45, 2.75) is 45.2 Å². The minimum atomic E-state index is -2.91. The Morgan fingerprint density at radius 2 is 2.21 bits per heavy atom. The standard InChI is InChI=1S/C10H19NO2S/c1-3-5-9(4-2)11-10-6-7-14(12,13)8-10/h6-7,9-11H,3-5,8H2,1-2H3. The molecule has 0 aliphatic carbocycles. The summed E-state index contributed by atoms with van der Waals surface area (Å²) in [5.41, 5.74) is 0. The van der Waals surface area contributed by atoms with Crippen molar-refractivity contribution in [3.8, 4) is 0 Å². The zero-order valence-corrected chi connectivity index (χ0v) is 9.68. The van der Waals surface area contributed by atoms with Crippen molar-refractivity contribution >= 4 is 9.84 Å². The van der Waals surface area contributed by atoms with Crippen LogP contribution in [0.5, 0.6) is 0 Å². The van der Waals surface area contributed by atoms with Gasteiger partial charge in [-0.25, -0.2) is 8.42 Å². The summed E-state index contributed by atoms with van der Waals surface area (Å²) in [6.07, 6.45) is 5.06. The summed E-state index contributed by atoms with van der Waals surface area (Å²) in [4.78, 5) is 0. The molecule has 3 nitrogen and oxygen atoms in total. The largest absolute Gasteiger partial charge is 0.307 e. The van der Waals surface area contributed by atoms with Crippen LogP contribution in [0.15, 0.2) is 11.5 Å². The minimum absolute atomic E-state index is 0.0245. The molecule has 1 aliphatic rings. The van der Waals surface area contributed by atoms with Crippen LogP contribution in [0.2, 0.25) is 0 Å². The van der Waals surface area contributed by atoms with Gasteiger partial charge in [-0.3, -0.25) is 0 Å². The molecule has 0 saturated carbocycles. The predicted octanol–water partition coefficient (Wildman–Crippen LogP) is 1.47. The second-order valence-corrected chi connectivity index (χ2v) is 5.76. The highest BCUT2D eigenvalue weighted by Crippen LogP contribution is 2.11. The molecule has 0 fully saturated rings. The van der Waals surface area contributed by atoms with E-state index in [-0.39, 0.29) is 11.8 Å². The van der Waals surface area contributed by atoms with Crippen LogP contribution in [0.25, 0.3) is 0 Å². The summed E-state index contributed by atoms with van der Waals surface area (Å²) in [6, 6.07) is 0.472. The molecule has 2 unspecified atom stereocenters. The van der Waals surface area contributed by atoms with E-state index < -0.39 is 9.84 Å². The fourth-order valence-electron chi connectivity index (χ4n) is 1.74. The van der Waals surface area contributed by atoms with Crippen molar-refractivity contribution in [3.05, 3.63) is 11.5 Å². The van der Waals surface area contributed by atoms with E-state index in [0.717, 1.165) is 19.3 Å². The first-order valence-electron chi connectivity index (χ1n) is 5.24. The SMILES string of the molecule is CCCC(CC)NC1C=CS(=O)(=O)C1. The van der Waals surface area contributed by atoms with E-state index in [0.29, 0.717) is 6.04 Å². The zero-order chi connectivity index (χ0) is 10.6. The van der Waals surface area contributed by atoms with Gasteiger partial charge in [-0.05, 0) is 12.8 Å². The molecule has 1 rings (SSSR count). The molecule has 0 aromatic rings. The number of nitrogens with one attached hydrogen (secondary N) is 1. The number of hydrogen-bond acceptors (Lipinski definition) is 3. The molecule has 0 amide bonds. The molecule has 0 aromatic carbocycles. The molecule has 4 heteroatoms. The monoisotopic (exact) mass is 217 g/mol. The topological polar surface area (TPSA) is 46.2 Å². The van der Waals surface area contributed by atoms with E-state index in [1.165, 1.54) is 5.41 Å². The van der Waals surface area contributed by atoms with Crippen LogP contribution in [-0.2, 0) is 9.84 Å². The Hall–Kier alpha value is -0.350. The van der Waals surface area contributed by atoms with Gasteiger partial charge in [0.1, 0.15) is 0 Å². The molecule has 82 valence electrons. The van der Waals surface area contributed by atoms with E-state index >= 15 is 0 Å². The highest BCUT2D eigenvalue weighted by Gasteiger charge is 2.22. The van der Waals surface area contributed by atoms with E-state index in [1.54, 1.807) is 6.08 Å². The van der Waals surface area contributed by atoms with Crippen LogP contribution in [0.4, 0.5) is 0 Å². The Kier molecular flexibility index (Phi) is 4.13. The van der Waals surface area contributed by atoms with Gasteiger partial charge in [0.2, 0.25) is 0 Å². The third-order valence-corrected chi connectivity index (χ3v) is 3.91. The molecule has 0 bridgehead atoms. The highest BCUT2D eigenvalue weighted by molar-refractivity contribution is 7.94. The maximum absolute atomic E-state index is 11.1. The van der Waals surface area contributed by atoms with Crippen molar-refractivity contribution in [2.75, 3.05) is 5.75 Å². The fraction of sp³-hybridized carbons (Fsp3) is 0.800. The second-order valence-electron chi connectivity index (χ2n) is 3.83. The average Bonchev–Trinajstić information content (AvgIpc) is 2.45. The lowest BCUT2D eigenvalue weighted by Crippen LogP contribution is -2.38. The molecule has 0 saturated heterocycles. The van der Waals surface area contributed by atoms with Crippen LogP contribution < -0.4 is 5.32 Å². The normalized spacial score (nSPS) is 26.6. The van der Waals surface area contributed by atoms with Crippen LogP contribution in [-0.4, -0.2) is 26.3 Å². The van der Waals surface area contributed by atoms with Crippen molar-refractivity contribution in [3.63, 3.8) is 0 Å². The maximum Gasteiger partial charge on any atom is 0.173 e. The van der Waals surface area contributed by atoms with Crippen molar-refractivity contribution < 1.29 is 8.42 Å². The van der Waals surface area contributed by atoms with Crippen LogP contribution in [0, 0.1) is 0 Å². The summed E-state index contributed by atoms with van der Waals surface area (Å²) in [6.45, 7) is 4.27. The molecular formula is C10H19NO2S. The lowest BCUT2D eigenvalue weighted by atomic mass is 10.1. The molecular weight excluding hydrogens is 198 g/mol. The van der Waals surface area contributed by atoms with E-state index in [9.17, 15) is 8.42 Å². The Bertz CT molecular complexity index is 295. The van der Waals surface area contributed by atoms with Gasteiger partial charge in [-0.2, -0.15) is 0 Å². The molecule has 2 atom stereocenters. The molecule has 1 heterocycles. The summed E-state index contributed by atoms with van der Waals surface area (Å²) >= 11 is 0. The quantitative estimate of drug-likeness (QED) is 0.758. The fourth-order valence-corrected chi connectivity index (χ4v) is 2.98. The molecule has 0 aromatic heterocycles. The van der Waals surface area contributed by atoms with Gasteiger partial charge >= 0.3 is 0 Å². The van der Waals surface area contributed by atoms with Crippen molar-refractivity contribution in [2.24, 2.45) is 0 Å². The van der Waals surface area contributed by atoms with Gasteiger partial charge in [-0.1, -0.05) is 26.3 Å². The van der Waals surface area contributed by atoms with Crippen molar-refractivity contribution in [1.82, 2.24) is 5.32 Å². The van der Waals surface area contributed by atoms with Gasteiger partial charge in [0.05, 0.1) is 5.75 Å². The molecule has 1 N–H and O–H groups in total. The van der Waals surface area contributed by atoms with Gasteiger partial charge in [0, 0.05) is 17.5 Å². The Balaban J connectivity index is 2.42. The number of rotatable bonds is 5. The number of hydrogen-bond donors (Lipinski definition) is 1. The van der Waals surface area contributed by atoms with E-state index in [2.05, 4.69) is 19.2 Å². The smallest absolute Gasteiger partial charge is 0.173 e. The average molecular weight is 217 g/mol. The predicted molar refractivity (Wildman–Crippen MR) is 58.8 cm³/mol. The first-order chi connectivity index (χ1) is 6.57. The first-order valence-corrected chi connectivity index (χ1v) is 6.96. The van der Waals surface area contributed by atoms with Crippen LogP contribution in [0.1, 0.15) is 33.1 Å². The van der Waals surface area contributed by atoms with Crippen molar-refractivity contribution in [1.29, 1.82) is 0 Å². The molecule has 0 radical (unpaired) electrons. The van der Waals surface area contributed by atoms with E-state index in [4.69, 9.17) is 0 Å². The molecule has 14 heavy (non-hydrogen) atoms. The number of sulfone groups is 1. The third kappa shape index (κ3) is 3.42. The summed E-state index contributed by atoms with van der Waals surface area (Å²) < 4.78 is 22.3. The summed E-state index contributed by atoms with van der Waals surface area (Å²) in [5.74, 6) is 0.229. The lowest BCUT2D eigenvalue weighted by molar-refractivity contribution is 0.444. The van der Waals surface area contributed by atoms with Gasteiger partial charge < -0.3 is 5.32 Å². The van der Waals surface area contributed by atoms with Crippen LogP contribution in [0.3, 0.4) is 0 Å².